The molecule has 1 aromatic rings. The molecule has 0 radical (unpaired) electrons. The van der Waals surface area contributed by atoms with Gasteiger partial charge in [-0.05, 0) is 5.92 Å². The quantitative estimate of drug-likeness (QED) is 0.805. The highest BCUT2D eigenvalue weighted by Crippen LogP contribution is 2.13. The fraction of sp³-hybridized carbons (Fsp3) is 0.545. The molecule has 0 aromatic carbocycles. The number of aromatic nitrogens is 1. The fourth-order valence-corrected chi connectivity index (χ4v) is 2.48. The monoisotopic (exact) mass is 269 g/mol. The third-order valence-electron chi connectivity index (χ3n) is 2.83. The number of H-pyrrole nitrogens is 1. The van der Waals surface area contributed by atoms with Crippen LogP contribution >= 0.6 is 11.3 Å². The first-order valence-electron chi connectivity index (χ1n) is 5.72. The molecular formula is C11H15N3O3S. The molecule has 1 fully saturated rings. The third kappa shape index (κ3) is 2.61. The number of thiazole rings is 1. The summed E-state index contributed by atoms with van der Waals surface area (Å²) < 4.78 is 0. The van der Waals surface area contributed by atoms with Crippen LogP contribution in [0.5, 0.6) is 0 Å². The Morgan fingerprint density at radius 3 is 2.72 bits per heavy atom. The standard InChI is InChI=1S/C11H15N3O3S/c1-6(2)9-10(16)14(4-8(15)13-9)3-7-5-18-11(17)12-7/h5-6,9H,3-4H2,1-2H3,(H,12,17)(H,13,15). The van der Waals surface area contributed by atoms with Gasteiger partial charge in [-0.1, -0.05) is 25.2 Å². The maximum absolute atomic E-state index is 12.1. The molecule has 1 aliphatic heterocycles. The van der Waals surface area contributed by atoms with Crippen LogP contribution in [0.1, 0.15) is 19.5 Å². The van der Waals surface area contributed by atoms with Gasteiger partial charge in [0.15, 0.2) is 0 Å². The van der Waals surface area contributed by atoms with E-state index in [2.05, 4.69) is 10.3 Å². The molecule has 6 nitrogen and oxygen atoms in total. The first kappa shape index (κ1) is 12.8. The van der Waals surface area contributed by atoms with Crippen LogP contribution in [-0.2, 0) is 16.1 Å². The van der Waals surface area contributed by atoms with Crippen LogP contribution in [0, 0.1) is 5.92 Å². The maximum Gasteiger partial charge on any atom is 0.304 e. The number of hydrogen-bond acceptors (Lipinski definition) is 4. The van der Waals surface area contributed by atoms with Crippen molar-refractivity contribution in [1.29, 1.82) is 0 Å². The highest BCUT2D eigenvalue weighted by atomic mass is 32.1. The van der Waals surface area contributed by atoms with Gasteiger partial charge in [-0.3, -0.25) is 14.4 Å². The van der Waals surface area contributed by atoms with Gasteiger partial charge in [-0.25, -0.2) is 0 Å². The Balaban J connectivity index is 2.14. The highest BCUT2D eigenvalue weighted by molar-refractivity contribution is 7.07. The van der Waals surface area contributed by atoms with Crippen LogP contribution in [0.4, 0.5) is 0 Å². The van der Waals surface area contributed by atoms with Crippen molar-refractivity contribution in [3.63, 3.8) is 0 Å². The zero-order chi connectivity index (χ0) is 13.3. The molecule has 2 rings (SSSR count). The van der Waals surface area contributed by atoms with E-state index >= 15 is 0 Å². The van der Waals surface area contributed by atoms with Gasteiger partial charge < -0.3 is 15.2 Å². The number of nitrogens with one attached hydrogen (secondary N) is 2. The number of amides is 2. The Bertz CT molecular complexity index is 520. The molecule has 0 spiro atoms. The van der Waals surface area contributed by atoms with Gasteiger partial charge in [0, 0.05) is 11.1 Å². The number of carbonyl (C=O) groups excluding carboxylic acids is 2. The lowest BCUT2D eigenvalue weighted by molar-refractivity contribution is -0.146. The summed E-state index contributed by atoms with van der Waals surface area (Å²) in [7, 11) is 0. The van der Waals surface area contributed by atoms with E-state index in [1.807, 2.05) is 13.8 Å². The number of piperazine rings is 1. The first-order valence-corrected chi connectivity index (χ1v) is 6.60. The molecule has 0 bridgehead atoms. The first-order chi connectivity index (χ1) is 8.47. The minimum Gasteiger partial charge on any atom is -0.343 e. The molecule has 1 saturated heterocycles. The van der Waals surface area contributed by atoms with E-state index in [9.17, 15) is 14.4 Å². The minimum atomic E-state index is -0.475. The van der Waals surface area contributed by atoms with E-state index in [-0.39, 0.29) is 35.7 Å². The predicted octanol–water partition coefficient (Wildman–Crippen LogP) is -0.0806. The molecule has 1 aliphatic rings. The van der Waals surface area contributed by atoms with Crippen molar-refractivity contribution in [2.24, 2.45) is 5.92 Å². The highest BCUT2D eigenvalue weighted by Gasteiger charge is 2.34. The van der Waals surface area contributed by atoms with Crippen molar-refractivity contribution in [2.75, 3.05) is 6.54 Å². The Kier molecular flexibility index (Phi) is 3.51. The average molecular weight is 269 g/mol. The molecule has 1 aromatic heterocycles. The van der Waals surface area contributed by atoms with Gasteiger partial charge in [0.2, 0.25) is 11.8 Å². The molecule has 7 heteroatoms. The van der Waals surface area contributed by atoms with Gasteiger partial charge in [-0.15, -0.1) is 0 Å². The van der Waals surface area contributed by atoms with Gasteiger partial charge in [0.05, 0.1) is 6.54 Å². The molecular weight excluding hydrogens is 254 g/mol. The van der Waals surface area contributed by atoms with Crippen molar-refractivity contribution < 1.29 is 9.59 Å². The van der Waals surface area contributed by atoms with Gasteiger partial charge in [-0.2, -0.15) is 0 Å². The van der Waals surface area contributed by atoms with E-state index in [0.29, 0.717) is 5.69 Å². The molecule has 2 amide bonds. The number of aromatic amines is 1. The van der Waals surface area contributed by atoms with Gasteiger partial charge >= 0.3 is 4.87 Å². The molecule has 18 heavy (non-hydrogen) atoms. The number of carbonyl (C=O) groups is 2. The molecule has 2 heterocycles. The normalized spacial score (nSPS) is 20.4. The Hall–Kier alpha value is -1.63. The lowest BCUT2D eigenvalue weighted by atomic mass is 10.0. The summed E-state index contributed by atoms with van der Waals surface area (Å²) >= 11 is 1.05. The van der Waals surface area contributed by atoms with Crippen LogP contribution in [-0.4, -0.2) is 34.3 Å². The van der Waals surface area contributed by atoms with Crippen LogP contribution in [0.2, 0.25) is 0 Å². The second-order valence-corrected chi connectivity index (χ2v) is 5.50. The van der Waals surface area contributed by atoms with E-state index in [4.69, 9.17) is 0 Å². The topological polar surface area (TPSA) is 82.3 Å². The Morgan fingerprint density at radius 2 is 2.17 bits per heavy atom. The van der Waals surface area contributed by atoms with E-state index < -0.39 is 6.04 Å². The maximum atomic E-state index is 12.1. The Morgan fingerprint density at radius 1 is 1.44 bits per heavy atom. The lowest BCUT2D eigenvalue weighted by Gasteiger charge is -2.34. The molecule has 0 aliphatic carbocycles. The average Bonchev–Trinajstić information content (AvgIpc) is 2.68. The molecule has 1 unspecified atom stereocenters. The van der Waals surface area contributed by atoms with Crippen molar-refractivity contribution in [3.8, 4) is 0 Å². The van der Waals surface area contributed by atoms with E-state index in [1.165, 1.54) is 4.90 Å². The van der Waals surface area contributed by atoms with Crippen LogP contribution in [0.3, 0.4) is 0 Å². The summed E-state index contributed by atoms with van der Waals surface area (Å²) in [5.41, 5.74) is 0.663. The van der Waals surface area contributed by atoms with Crippen molar-refractivity contribution >= 4 is 23.2 Å². The lowest BCUT2D eigenvalue weighted by Crippen LogP contribution is -2.59. The summed E-state index contributed by atoms with van der Waals surface area (Å²) in [6.45, 7) is 4.09. The van der Waals surface area contributed by atoms with E-state index in [0.717, 1.165) is 11.3 Å². The van der Waals surface area contributed by atoms with Crippen molar-refractivity contribution in [3.05, 3.63) is 20.7 Å². The summed E-state index contributed by atoms with van der Waals surface area (Å²) in [4.78, 5) is 38.7. The molecule has 0 saturated carbocycles. The predicted molar refractivity (Wildman–Crippen MR) is 67.1 cm³/mol. The number of nitrogens with zero attached hydrogens (tertiary/aromatic N) is 1. The molecule has 98 valence electrons. The van der Waals surface area contributed by atoms with Crippen LogP contribution in [0.25, 0.3) is 0 Å². The summed E-state index contributed by atoms with van der Waals surface area (Å²) in [6, 6.07) is -0.475. The number of rotatable bonds is 3. The smallest absolute Gasteiger partial charge is 0.304 e. The largest absolute Gasteiger partial charge is 0.343 e. The zero-order valence-corrected chi connectivity index (χ0v) is 11.0. The van der Waals surface area contributed by atoms with Crippen LogP contribution < -0.4 is 10.2 Å². The SMILES string of the molecule is CC(C)C1NC(=O)CN(Cc2csc(=O)[nH]2)C1=O. The van der Waals surface area contributed by atoms with Gasteiger partial charge in [0.1, 0.15) is 12.6 Å². The second-order valence-electron chi connectivity index (χ2n) is 4.66. The molecule has 1 atom stereocenters. The van der Waals surface area contributed by atoms with Crippen molar-refractivity contribution in [2.45, 2.75) is 26.4 Å². The van der Waals surface area contributed by atoms with Crippen molar-refractivity contribution in [1.82, 2.24) is 15.2 Å². The summed E-state index contributed by atoms with van der Waals surface area (Å²) in [5.74, 6) is -0.215. The van der Waals surface area contributed by atoms with E-state index in [1.54, 1.807) is 5.38 Å². The van der Waals surface area contributed by atoms with Crippen LogP contribution in [0.15, 0.2) is 10.2 Å². The summed E-state index contributed by atoms with van der Waals surface area (Å²) in [5, 5.41) is 4.36. The van der Waals surface area contributed by atoms with Gasteiger partial charge in [0.25, 0.3) is 0 Å². The fourth-order valence-electron chi connectivity index (χ4n) is 1.91. The minimum absolute atomic E-state index is 0.0416. The molecule has 2 N–H and O–H groups in total. The number of hydrogen-bond donors (Lipinski definition) is 2. The summed E-state index contributed by atoms with van der Waals surface area (Å²) in [6.07, 6.45) is 0. The third-order valence-corrected chi connectivity index (χ3v) is 3.55. The Labute approximate surface area is 108 Å². The zero-order valence-electron chi connectivity index (χ0n) is 10.2. The second kappa shape index (κ2) is 4.93.